The Hall–Kier alpha value is -0.680. The second kappa shape index (κ2) is 5.26. The van der Waals surface area contributed by atoms with Gasteiger partial charge in [0.05, 0.1) is 11.2 Å². The Labute approximate surface area is 121 Å². The predicted molar refractivity (Wildman–Crippen MR) is 76.3 cm³/mol. The van der Waals surface area contributed by atoms with E-state index in [1.54, 1.807) is 27.7 Å². The van der Waals surface area contributed by atoms with Gasteiger partial charge in [-0.15, -0.1) is 5.73 Å². The van der Waals surface area contributed by atoms with Crippen LogP contribution in [0, 0.1) is 5.21 Å². The smallest absolute Gasteiger partial charge is 0.158 e. The third-order valence-electron chi connectivity index (χ3n) is 4.91. The highest BCUT2D eigenvalue weighted by molar-refractivity contribution is 5.12. The molecule has 5 heteroatoms. The fraction of sp³-hybridized carbons (Fsp3) is 0.800. The molecule has 116 valence electrons. The molecule has 2 unspecified atom stereocenters. The maximum absolute atomic E-state index is 11.8. The van der Waals surface area contributed by atoms with Crippen LogP contribution in [0.5, 0.6) is 0 Å². The van der Waals surface area contributed by atoms with Crippen LogP contribution in [0.1, 0.15) is 53.9 Å². The van der Waals surface area contributed by atoms with E-state index in [4.69, 9.17) is 4.74 Å². The van der Waals surface area contributed by atoms with Crippen molar-refractivity contribution in [3.05, 3.63) is 23.6 Å². The highest BCUT2D eigenvalue weighted by Crippen LogP contribution is 2.47. The maximum atomic E-state index is 11.8. The number of nitrogens with one attached hydrogen (secondary N) is 1. The third kappa shape index (κ3) is 2.70. The normalized spacial score (nSPS) is 41.8. The molecule has 0 aromatic rings. The van der Waals surface area contributed by atoms with E-state index >= 15 is 0 Å². The molecule has 0 radical (unpaired) electrons. The first kappa shape index (κ1) is 17.4. The molecule has 1 aliphatic rings. The van der Waals surface area contributed by atoms with E-state index in [2.05, 4.69) is 12.3 Å². The Morgan fingerprint density at radius 3 is 2.35 bits per heavy atom. The van der Waals surface area contributed by atoms with Gasteiger partial charge in [-0.25, -0.2) is 10.4 Å². The summed E-state index contributed by atoms with van der Waals surface area (Å²) in [5, 5.41) is 31.1. The Balaban J connectivity index is 3.16. The predicted octanol–water partition coefficient (Wildman–Crippen LogP) is 1.35. The Kier molecular flexibility index (Phi) is 4.57. The summed E-state index contributed by atoms with van der Waals surface area (Å²) in [6, 6.07) is 0. The molecule has 0 aliphatic carbocycles. The molecule has 0 aromatic heterocycles. The highest BCUT2D eigenvalue weighted by Gasteiger charge is 2.66. The summed E-state index contributed by atoms with van der Waals surface area (Å²) in [7, 11) is 0. The lowest BCUT2D eigenvalue weighted by atomic mass is 9.64. The van der Waals surface area contributed by atoms with Crippen molar-refractivity contribution in [2.45, 2.75) is 76.2 Å². The molecule has 0 spiro atoms. The van der Waals surface area contributed by atoms with E-state index in [-0.39, 0.29) is 6.42 Å². The number of hydrogen-bond donors (Lipinski definition) is 3. The van der Waals surface area contributed by atoms with E-state index < -0.39 is 27.6 Å². The van der Waals surface area contributed by atoms with Gasteiger partial charge in [-0.05, 0) is 53.5 Å². The lowest BCUT2D eigenvalue weighted by Crippen LogP contribution is -3.18. The summed E-state index contributed by atoms with van der Waals surface area (Å²) in [6.07, 6.45) is 3.45. The summed E-state index contributed by atoms with van der Waals surface area (Å²) in [6.45, 7) is 12.1. The van der Waals surface area contributed by atoms with Crippen LogP contribution >= 0.6 is 0 Å². The monoisotopic (exact) mass is 285 g/mol. The van der Waals surface area contributed by atoms with Gasteiger partial charge in [-0.3, -0.25) is 0 Å². The maximum Gasteiger partial charge on any atom is 0.158 e. The van der Waals surface area contributed by atoms with E-state index in [0.717, 1.165) is 0 Å². The number of hydroxylamine groups is 2. The quantitative estimate of drug-likeness (QED) is 0.538. The highest BCUT2D eigenvalue weighted by atomic mass is 16.8. The van der Waals surface area contributed by atoms with E-state index in [0.29, 0.717) is 12.8 Å². The lowest BCUT2D eigenvalue weighted by molar-refractivity contribution is -1.10. The van der Waals surface area contributed by atoms with Crippen LogP contribution in [0.2, 0.25) is 0 Å². The number of aliphatic hydroxyl groups is 1. The molecule has 5 nitrogen and oxygen atoms in total. The number of allylic oxidation sites excluding steroid dienone is 1. The number of rotatable bonds is 4. The standard InChI is InChI=1S/C15H27NO4/c1-7-8-9-10-13(4)11-14(5,16(18)19)15(6,17)12(2,3)20-13/h8,16-18H,1,9-11H2,2-6H3/t13?,14-,15-/m1/s1. The van der Waals surface area contributed by atoms with Gasteiger partial charge in [0.2, 0.25) is 0 Å². The van der Waals surface area contributed by atoms with Crippen LogP contribution in [0.4, 0.5) is 0 Å². The van der Waals surface area contributed by atoms with Crippen LogP contribution < -0.4 is 5.23 Å². The lowest BCUT2D eigenvalue weighted by Gasteiger charge is -2.60. The Bertz CT molecular complexity index is 412. The average Bonchev–Trinajstić information content (AvgIpc) is 2.25. The summed E-state index contributed by atoms with van der Waals surface area (Å²) in [4.78, 5) is 0. The molecule has 20 heavy (non-hydrogen) atoms. The average molecular weight is 285 g/mol. The number of hydrogen-bond acceptors (Lipinski definition) is 4. The van der Waals surface area contributed by atoms with Crippen molar-refractivity contribution in [1.29, 1.82) is 0 Å². The SMILES string of the molecule is C=C=CCCC1(C)C[C@@](C)([NH+]([O-])O)[C@](C)(O)C(C)(C)O1. The molecule has 1 heterocycles. The number of ether oxygens (including phenoxy) is 1. The molecule has 0 saturated carbocycles. The van der Waals surface area contributed by atoms with Crippen LogP contribution in [0.3, 0.4) is 0 Å². The van der Waals surface area contributed by atoms with Gasteiger partial charge in [-0.1, -0.05) is 6.58 Å². The van der Waals surface area contributed by atoms with E-state index in [9.17, 15) is 15.5 Å². The molecule has 1 saturated heterocycles. The van der Waals surface area contributed by atoms with Crippen molar-refractivity contribution >= 4 is 0 Å². The first-order valence-electron chi connectivity index (χ1n) is 6.92. The minimum atomic E-state index is -1.46. The first-order valence-corrected chi connectivity index (χ1v) is 6.92. The molecule has 3 N–H and O–H groups in total. The van der Waals surface area contributed by atoms with Crippen LogP contribution in [0.15, 0.2) is 18.4 Å². The molecular formula is C15H27NO4. The fourth-order valence-corrected chi connectivity index (χ4v) is 3.24. The third-order valence-corrected chi connectivity index (χ3v) is 4.91. The van der Waals surface area contributed by atoms with Crippen molar-refractivity contribution < 1.29 is 20.3 Å². The second-order valence-electron chi connectivity index (χ2n) is 6.90. The molecule has 1 fully saturated rings. The zero-order valence-corrected chi connectivity index (χ0v) is 13.1. The molecular weight excluding hydrogens is 258 g/mol. The largest absolute Gasteiger partial charge is 0.600 e. The molecule has 0 amide bonds. The summed E-state index contributed by atoms with van der Waals surface area (Å²) in [5.41, 5.74) is -1.57. The summed E-state index contributed by atoms with van der Waals surface area (Å²) >= 11 is 0. The van der Waals surface area contributed by atoms with Crippen molar-refractivity contribution in [3.8, 4) is 0 Å². The van der Waals surface area contributed by atoms with Crippen molar-refractivity contribution in [2.24, 2.45) is 0 Å². The van der Waals surface area contributed by atoms with Gasteiger partial charge in [0.25, 0.3) is 0 Å². The van der Waals surface area contributed by atoms with Gasteiger partial charge >= 0.3 is 0 Å². The second-order valence-corrected chi connectivity index (χ2v) is 6.90. The van der Waals surface area contributed by atoms with Crippen molar-refractivity contribution in [2.75, 3.05) is 0 Å². The van der Waals surface area contributed by atoms with Crippen molar-refractivity contribution in [3.63, 3.8) is 0 Å². The molecule has 4 atom stereocenters. The van der Waals surface area contributed by atoms with E-state index in [1.165, 1.54) is 0 Å². The molecule has 0 aromatic carbocycles. The van der Waals surface area contributed by atoms with Gasteiger partial charge in [-0.2, -0.15) is 0 Å². The van der Waals surface area contributed by atoms with Gasteiger partial charge in [0.15, 0.2) is 5.54 Å². The van der Waals surface area contributed by atoms with Crippen LogP contribution in [-0.4, -0.2) is 32.7 Å². The fourth-order valence-electron chi connectivity index (χ4n) is 3.24. The molecule has 1 aliphatic heterocycles. The molecule has 0 bridgehead atoms. The summed E-state index contributed by atoms with van der Waals surface area (Å²) in [5.74, 6) is 0. The first-order chi connectivity index (χ1) is 8.92. The summed E-state index contributed by atoms with van der Waals surface area (Å²) < 4.78 is 6.09. The Morgan fingerprint density at radius 1 is 1.35 bits per heavy atom. The van der Waals surface area contributed by atoms with Gasteiger partial charge < -0.3 is 15.1 Å². The van der Waals surface area contributed by atoms with Crippen LogP contribution in [0.25, 0.3) is 0 Å². The minimum Gasteiger partial charge on any atom is -0.600 e. The molecule has 1 rings (SSSR count). The zero-order valence-electron chi connectivity index (χ0n) is 13.1. The van der Waals surface area contributed by atoms with Gasteiger partial charge in [0, 0.05) is 6.42 Å². The number of quaternary nitrogens is 1. The van der Waals surface area contributed by atoms with Crippen LogP contribution in [-0.2, 0) is 4.74 Å². The topological polar surface area (TPSA) is 77.2 Å². The van der Waals surface area contributed by atoms with Gasteiger partial charge in [0.1, 0.15) is 5.60 Å². The minimum absolute atomic E-state index is 0.261. The van der Waals surface area contributed by atoms with E-state index in [1.807, 2.05) is 13.0 Å². The zero-order chi connectivity index (χ0) is 15.8. The Morgan fingerprint density at radius 2 is 1.90 bits per heavy atom. The van der Waals surface area contributed by atoms with Crippen molar-refractivity contribution in [1.82, 2.24) is 0 Å².